The van der Waals surface area contributed by atoms with Gasteiger partial charge in [-0.15, -0.1) is 34.0 Å². The third-order valence-electron chi connectivity index (χ3n) is 18.8. The van der Waals surface area contributed by atoms with Crippen molar-refractivity contribution in [3.05, 3.63) is 143 Å². The maximum absolute atomic E-state index is 12.8. The molecule has 0 unspecified atom stereocenters. The Balaban J connectivity index is 0.000000131. The number of halogens is 9. The van der Waals surface area contributed by atoms with Crippen molar-refractivity contribution in [2.75, 3.05) is 54.0 Å². The number of rotatable bonds is 15. The number of anilines is 3. The van der Waals surface area contributed by atoms with Crippen LogP contribution in [0.5, 0.6) is 0 Å². The predicted molar refractivity (Wildman–Crippen MR) is 353 cm³/mol. The number of hydrogen-bond acceptors (Lipinski definition) is 18. The van der Waals surface area contributed by atoms with Gasteiger partial charge in [0.15, 0.2) is 0 Å². The summed E-state index contributed by atoms with van der Waals surface area (Å²) in [5.74, 6) is 1.97. The summed E-state index contributed by atoms with van der Waals surface area (Å²) in [6.45, 7) is 6.20. The Morgan fingerprint density at radius 1 is 0.443 bits per heavy atom. The fraction of sp³-hybridized carbons (Fsp3) is 0.438. The molecule has 15 rings (SSSR count). The van der Waals surface area contributed by atoms with Crippen molar-refractivity contribution in [3.8, 4) is 0 Å². The van der Waals surface area contributed by atoms with E-state index in [-0.39, 0.29) is 57.6 Å². The van der Waals surface area contributed by atoms with E-state index in [1.165, 1.54) is 19.0 Å². The average molecular weight is 1460 g/mol. The normalized spacial score (nSPS) is 24.4. The number of benzene rings is 3. The number of aromatic nitrogens is 6. The average Bonchev–Trinajstić information content (AvgIpc) is 1.69. The van der Waals surface area contributed by atoms with E-state index in [0.717, 1.165) is 98.6 Å². The molecule has 6 aromatic heterocycles. The molecule has 3 aliphatic heterocycles. The van der Waals surface area contributed by atoms with Gasteiger partial charge in [0.2, 0.25) is 30.1 Å². The molecule has 3 aromatic carbocycles. The third kappa shape index (κ3) is 15.5. The molecule has 6 fully saturated rings. The van der Waals surface area contributed by atoms with E-state index in [1.54, 1.807) is 109 Å². The molecule has 9 aromatic rings. The van der Waals surface area contributed by atoms with Crippen LogP contribution in [0.2, 0.25) is 0 Å². The summed E-state index contributed by atoms with van der Waals surface area (Å²) in [4.78, 5) is 35.0. The Bertz CT molecular complexity index is 4510. The van der Waals surface area contributed by atoms with Gasteiger partial charge in [0, 0.05) is 71.5 Å². The molecule has 6 aliphatic rings. The Morgan fingerprint density at radius 3 is 1.06 bits per heavy atom. The lowest BCUT2D eigenvalue weighted by Crippen LogP contribution is -2.60. The molecule has 3 aliphatic carbocycles. The van der Waals surface area contributed by atoms with E-state index in [1.807, 2.05) is 6.92 Å². The van der Waals surface area contributed by atoms with Crippen molar-refractivity contribution in [2.45, 2.75) is 135 Å². The summed E-state index contributed by atoms with van der Waals surface area (Å²) in [6, 6.07) is 29.3. The number of nitrogens with one attached hydrogen (secondary N) is 3. The minimum atomic E-state index is -4.27. The zero-order valence-corrected chi connectivity index (χ0v) is 56.7. The summed E-state index contributed by atoms with van der Waals surface area (Å²) in [5, 5.41) is 1.94. The maximum atomic E-state index is 12.8. The first kappa shape index (κ1) is 68.8. The van der Waals surface area contributed by atoms with Gasteiger partial charge in [0.1, 0.15) is 50.9 Å². The second-order valence-electron chi connectivity index (χ2n) is 26.7. The number of hydrogen-bond donors (Lipinski definition) is 3. The van der Waals surface area contributed by atoms with Crippen LogP contribution in [0.4, 0.5) is 57.0 Å². The molecule has 3 saturated heterocycles. The van der Waals surface area contributed by atoms with E-state index < -0.39 is 73.4 Å². The number of nitrogens with zero attached hydrogens (tertiary/aromatic N) is 9. The van der Waals surface area contributed by atoms with Crippen molar-refractivity contribution in [1.82, 2.24) is 44.1 Å². The standard InChI is InChI=1S/C22H23F3N4O2S2.2C21H21F3N4O2S2/c1-20(28-33(30,31)16-5-3-2-4-6-16)11-21(12-20)7-8-29(13-21)18-17-9-15(10-22(23,24)25)32-19(17)27-14-26-18;2*22-21(23,24)11-15-8-17-18(25-13-26-19(17)31-15)28-7-6-20(12-28)9-14(10-20)27-32(29,30)16-4-2-1-3-5-16/h2-6,9,14,28H,7-8,10-13H2,1H3;2*1-5,8,13-14,27H,6-7,9-12H2. The first-order chi connectivity index (χ1) is 45.7. The minimum Gasteiger partial charge on any atom is -0.355 e. The summed E-state index contributed by atoms with van der Waals surface area (Å²) < 4.78 is 200. The molecule has 18 nitrogen and oxygen atoms in total. The Labute approximate surface area is 565 Å². The highest BCUT2D eigenvalue weighted by atomic mass is 32.2. The number of thiophene rings is 3. The summed E-state index contributed by atoms with van der Waals surface area (Å²) >= 11 is 3.14. The predicted octanol–water partition coefficient (Wildman–Crippen LogP) is 12.8. The van der Waals surface area contributed by atoms with Crippen LogP contribution >= 0.6 is 34.0 Å². The van der Waals surface area contributed by atoms with E-state index in [2.05, 4.69) is 58.8 Å². The van der Waals surface area contributed by atoms with Crippen LogP contribution < -0.4 is 28.9 Å². The molecular formula is C64H65F9N12O6S6. The second kappa shape index (κ2) is 25.8. The molecule has 3 N–H and O–H groups in total. The van der Waals surface area contributed by atoms with Crippen LogP contribution in [0.3, 0.4) is 0 Å². The highest BCUT2D eigenvalue weighted by molar-refractivity contribution is 7.90. The molecule has 33 heteroatoms. The van der Waals surface area contributed by atoms with Crippen molar-refractivity contribution in [1.29, 1.82) is 0 Å². The summed E-state index contributed by atoms with van der Waals surface area (Å²) in [6.07, 6.45) is -4.56. The molecule has 0 radical (unpaired) electrons. The van der Waals surface area contributed by atoms with Crippen molar-refractivity contribution < 1.29 is 64.8 Å². The third-order valence-corrected chi connectivity index (χ3v) is 26.7. The van der Waals surface area contributed by atoms with Gasteiger partial charge in [0.05, 0.1) is 50.1 Å². The number of sulfonamides is 3. The number of fused-ring (bicyclic) bond motifs is 3. The molecule has 3 saturated carbocycles. The van der Waals surface area contributed by atoms with Crippen LogP contribution in [0, 0.1) is 16.2 Å². The van der Waals surface area contributed by atoms with E-state index >= 15 is 0 Å². The van der Waals surface area contributed by atoms with E-state index in [0.29, 0.717) is 80.6 Å². The Hall–Kier alpha value is -6.72. The fourth-order valence-electron chi connectivity index (χ4n) is 15.2. The number of alkyl halides is 9. The van der Waals surface area contributed by atoms with Crippen LogP contribution in [0.25, 0.3) is 30.6 Å². The minimum absolute atomic E-state index is 0.00797. The largest absolute Gasteiger partial charge is 0.393 e. The van der Waals surface area contributed by atoms with Gasteiger partial charge < -0.3 is 14.7 Å². The molecule has 9 heterocycles. The van der Waals surface area contributed by atoms with Gasteiger partial charge >= 0.3 is 18.5 Å². The van der Waals surface area contributed by atoms with Gasteiger partial charge in [-0.1, -0.05) is 54.6 Å². The van der Waals surface area contributed by atoms with Gasteiger partial charge in [-0.3, -0.25) is 0 Å². The molecular weight excluding hydrogens is 1400 g/mol. The molecule has 0 bridgehead atoms. The zero-order valence-electron chi connectivity index (χ0n) is 51.8. The SMILES string of the molecule is CC1(NS(=O)(=O)c2ccccc2)CC2(CCN(c3ncnc4sc(CC(F)(F)F)cc34)C2)C1.O=S(=O)(NC1CC2(CCN(c3ncnc4sc(CC(F)(F)F)cc34)C2)C1)c1ccccc1.O=S(=O)(NC1CC2(CCN(c3ncnc4sc(CC(F)(F)F)cc34)C2)C1)c1ccccc1. The molecule has 3 spiro atoms. The molecule has 97 heavy (non-hydrogen) atoms. The zero-order chi connectivity index (χ0) is 68.6. The highest BCUT2D eigenvalue weighted by Gasteiger charge is 2.57. The van der Waals surface area contributed by atoms with Crippen LogP contribution in [-0.2, 0) is 49.3 Å². The van der Waals surface area contributed by atoms with Gasteiger partial charge in [-0.2, -0.15) is 39.5 Å². The highest BCUT2D eigenvalue weighted by Crippen LogP contribution is 2.56. The Kier molecular flexibility index (Phi) is 18.3. The summed E-state index contributed by atoms with van der Waals surface area (Å²) in [5.41, 5.74) is -0.595. The van der Waals surface area contributed by atoms with E-state index in [4.69, 9.17) is 0 Å². The van der Waals surface area contributed by atoms with Crippen molar-refractivity contribution in [2.24, 2.45) is 16.2 Å². The first-order valence-electron chi connectivity index (χ1n) is 31.1. The second-order valence-corrected chi connectivity index (χ2v) is 35.1. The van der Waals surface area contributed by atoms with Crippen LogP contribution in [0.15, 0.2) is 143 Å². The molecule has 516 valence electrons. The molecule has 0 amide bonds. The summed E-state index contributed by atoms with van der Waals surface area (Å²) in [7, 11) is -10.7. The van der Waals surface area contributed by atoms with Gasteiger partial charge in [0.25, 0.3) is 0 Å². The smallest absolute Gasteiger partial charge is 0.355 e. The van der Waals surface area contributed by atoms with Crippen LogP contribution in [-0.4, -0.2) is 131 Å². The fourth-order valence-corrected chi connectivity index (χ4v) is 22.2. The quantitative estimate of drug-likeness (QED) is 0.0812. The topological polar surface area (TPSA) is 226 Å². The lowest BCUT2D eigenvalue weighted by Gasteiger charge is -2.53. The Morgan fingerprint density at radius 2 is 0.742 bits per heavy atom. The lowest BCUT2D eigenvalue weighted by atomic mass is 9.58. The van der Waals surface area contributed by atoms with Crippen molar-refractivity contribution >= 4 is 112 Å². The van der Waals surface area contributed by atoms with Gasteiger partial charge in [-0.05, 0) is 136 Å². The molecule has 0 atom stereocenters. The first-order valence-corrected chi connectivity index (χ1v) is 38.0. The van der Waals surface area contributed by atoms with E-state index in [9.17, 15) is 64.8 Å². The maximum Gasteiger partial charge on any atom is 0.393 e. The lowest BCUT2D eigenvalue weighted by molar-refractivity contribution is -0.127. The van der Waals surface area contributed by atoms with Crippen LogP contribution in [0.1, 0.15) is 79.3 Å². The van der Waals surface area contributed by atoms with Gasteiger partial charge in [-0.25, -0.2) is 69.3 Å². The monoisotopic (exact) mass is 1460 g/mol. The van der Waals surface area contributed by atoms with Crippen molar-refractivity contribution in [3.63, 3.8) is 0 Å².